The van der Waals surface area contributed by atoms with Gasteiger partial charge in [-0.2, -0.15) is 0 Å². The normalized spacial score (nSPS) is 33.2. The molecule has 0 aliphatic heterocycles. The molecule has 3 atom stereocenters. The highest BCUT2D eigenvalue weighted by Gasteiger charge is 2.57. The number of fused-ring (bicyclic) bond motifs is 1. The standard InChI is InChI=1S/C14H23NO4/c1-13(2,3)19-12(18)15-14(8-11(16)17)7-9-5-4-6-10(9)14/h9-10H,4-8H2,1-3H3,(H,15,18)(H,16,17)/t9-,10-,14?/m0/s1. The van der Waals surface area contributed by atoms with E-state index in [-0.39, 0.29) is 6.42 Å². The monoisotopic (exact) mass is 269 g/mol. The van der Waals surface area contributed by atoms with Gasteiger partial charge in [-0.1, -0.05) is 6.42 Å². The van der Waals surface area contributed by atoms with E-state index in [4.69, 9.17) is 9.84 Å². The van der Waals surface area contributed by atoms with E-state index in [2.05, 4.69) is 5.32 Å². The molecule has 0 aromatic heterocycles. The zero-order valence-electron chi connectivity index (χ0n) is 11.9. The molecule has 1 amide bonds. The van der Waals surface area contributed by atoms with E-state index in [9.17, 15) is 9.59 Å². The predicted octanol–water partition coefficient (Wildman–Crippen LogP) is 2.54. The van der Waals surface area contributed by atoms with Crippen LogP contribution in [0.3, 0.4) is 0 Å². The molecular formula is C14H23NO4. The SMILES string of the molecule is CC(C)(C)OC(=O)NC1(CC(=O)O)C[C@@H]2CCC[C@@H]21. The van der Waals surface area contributed by atoms with Gasteiger partial charge in [-0.3, -0.25) is 4.79 Å². The molecule has 2 aliphatic carbocycles. The molecule has 2 aliphatic rings. The highest BCUT2D eigenvalue weighted by molar-refractivity contribution is 5.73. The van der Waals surface area contributed by atoms with Crippen molar-refractivity contribution in [2.45, 2.75) is 64.0 Å². The highest BCUT2D eigenvalue weighted by Crippen LogP contribution is 2.55. The van der Waals surface area contributed by atoms with Crippen LogP contribution in [0.4, 0.5) is 4.79 Å². The molecule has 0 aromatic rings. The van der Waals surface area contributed by atoms with E-state index in [1.165, 1.54) is 0 Å². The Morgan fingerprint density at radius 3 is 2.58 bits per heavy atom. The number of nitrogens with one attached hydrogen (secondary N) is 1. The zero-order valence-corrected chi connectivity index (χ0v) is 11.9. The molecule has 2 fully saturated rings. The van der Waals surface area contributed by atoms with Gasteiger partial charge < -0.3 is 15.2 Å². The quantitative estimate of drug-likeness (QED) is 0.825. The van der Waals surface area contributed by atoms with Crippen molar-refractivity contribution >= 4 is 12.1 Å². The Balaban J connectivity index is 2.03. The first kappa shape index (κ1) is 14.2. The van der Waals surface area contributed by atoms with Crippen molar-refractivity contribution < 1.29 is 19.4 Å². The summed E-state index contributed by atoms with van der Waals surface area (Å²) in [6.07, 6.45) is 3.55. The van der Waals surface area contributed by atoms with Crippen LogP contribution in [0.2, 0.25) is 0 Å². The number of carboxylic acid groups (broad SMARTS) is 1. The van der Waals surface area contributed by atoms with Crippen LogP contribution in [-0.4, -0.2) is 28.3 Å². The lowest BCUT2D eigenvalue weighted by Gasteiger charge is -2.52. The van der Waals surface area contributed by atoms with E-state index < -0.39 is 23.2 Å². The lowest BCUT2D eigenvalue weighted by Crippen LogP contribution is -2.64. The molecule has 0 radical (unpaired) electrons. The fraction of sp³-hybridized carbons (Fsp3) is 0.857. The maximum atomic E-state index is 11.9. The summed E-state index contributed by atoms with van der Waals surface area (Å²) in [4.78, 5) is 23.0. The fourth-order valence-electron chi connectivity index (χ4n) is 3.64. The van der Waals surface area contributed by atoms with Gasteiger partial charge in [0.15, 0.2) is 0 Å². The Labute approximate surface area is 113 Å². The molecule has 5 heteroatoms. The summed E-state index contributed by atoms with van der Waals surface area (Å²) in [5, 5.41) is 11.9. The van der Waals surface area contributed by atoms with Crippen LogP contribution in [0.1, 0.15) is 52.9 Å². The number of carbonyl (C=O) groups is 2. The first-order valence-corrected chi connectivity index (χ1v) is 6.95. The Kier molecular flexibility index (Phi) is 3.49. The summed E-state index contributed by atoms with van der Waals surface area (Å²) >= 11 is 0. The predicted molar refractivity (Wildman–Crippen MR) is 69.8 cm³/mol. The molecule has 2 rings (SSSR count). The smallest absolute Gasteiger partial charge is 0.408 e. The largest absolute Gasteiger partial charge is 0.481 e. The molecule has 0 aromatic carbocycles. The Morgan fingerprint density at radius 2 is 2.05 bits per heavy atom. The highest BCUT2D eigenvalue weighted by atomic mass is 16.6. The van der Waals surface area contributed by atoms with Crippen LogP contribution in [0.25, 0.3) is 0 Å². The van der Waals surface area contributed by atoms with E-state index in [1.54, 1.807) is 20.8 Å². The van der Waals surface area contributed by atoms with E-state index in [0.717, 1.165) is 25.7 Å². The van der Waals surface area contributed by atoms with Crippen LogP contribution >= 0.6 is 0 Å². The minimum atomic E-state index is -0.860. The second-order valence-electron chi connectivity index (χ2n) is 6.86. The number of carbonyl (C=O) groups excluding carboxylic acids is 1. The molecule has 0 heterocycles. The van der Waals surface area contributed by atoms with Crippen molar-refractivity contribution in [1.82, 2.24) is 5.32 Å². The number of hydrogen-bond donors (Lipinski definition) is 2. The van der Waals surface area contributed by atoms with Gasteiger partial charge in [0.2, 0.25) is 0 Å². The minimum Gasteiger partial charge on any atom is -0.481 e. The van der Waals surface area contributed by atoms with Gasteiger partial charge in [0.05, 0.1) is 12.0 Å². The number of aliphatic carboxylic acids is 1. The lowest BCUT2D eigenvalue weighted by molar-refractivity contribution is -0.142. The second-order valence-corrected chi connectivity index (χ2v) is 6.86. The molecule has 5 nitrogen and oxygen atoms in total. The van der Waals surface area contributed by atoms with Crippen molar-refractivity contribution in [3.63, 3.8) is 0 Å². The van der Waals surface area contributed by atoms with Gasteiger partial charge in [-0.15, -0.1) is 0 Å². The van der Waals surface area contributed by atoms with Crippen LogP contribution < -0.4 is 5.32 Å². The Hall–Kier alpha value is -1.26. The summed E-state index contributed by atoms with van der Waals surface area (Å²) in [6.45, 7) is 5.40. The molecule has 1 unspecified atom stereocenters. The van der Waals surface area contributed by atoms with Crippen molar-refractivity contribution in [1.29, 1.82) is 0 Å². The fourth-order valence-corrected chi connectivity index (χ4v) is 3.64. The molecular weight excluding hydrogens is 246 g/mol. The maximum Gasteiger partial charge on any atom is 0.408 e. The molecule has 0 bridgehead atoms. The van der Waals surface area contributed by atoms with Gasteiger partial charge in [0, 0.05) is 0 Å². The van der Waals surface area contributed by atoms with E-state index in [1.807, 2.05) is 0 Å². The third kappa shape index (κ3) is 3.01. The van der Waals surface area contributed by atoms with E-state index in [0.29, 0.717) is 11.8 Å². The van der Waals surface area contributed by atoms with Crippen molar-refractivity contribution in [2.24, 2.45) is 11.8 Å². The summed E-state index contributed by atoms with van der Waals surface area (Å²) in [5.41, 5.74) is -1.15. The van der Waals surface area contributed by atoms with Crippen LogP contribution in [-0.2, 0) is 9.53 Å². The second kappa shape index (κ2) is 4.69. The van der Waals surface area contributed by atoms with Gasteiger partial charge in [0.25, 0.3) is 0 Å². The van der Waals surface area contributed by atoms with Gasteiger partial charge in [-0.05, 0) is 51.9 Å². The van der Waals surface area contributed by atoms with Crippen LogP contribution in [0.15, 0.2) is 0 Å². The molecule has 108 valence electrons. The summed E-state index contributed by atoms with van der Waals surface area (Å²) in [6, 6.07) is 0. The molecule has 19 heavy (non-hydrogen) atoms. The van der Waals surface area contributed by atoms with Crippen LogP contribution in [0, 0.1) is 11.8 Å². The Bertz CT molecular complexity index is 387. The van der Waals surface area contributed by atoms with Crippen molar-refractivity contribution in [3.8, 4) is 0 Å². The third-order valence-electron chi connectivity index (χ3n) is 4.21. The van der Waals surface area contributed by atoms with E-state index >= 15 is 0 Å². The average Bonchev–Trinajstić information content (AvgIpc) is 2.55. The molecule has 2 N–H and O–H groups in total. The number of carboxylic acids is 1. The van der Waals surface area contributed by atoms with Gasteiger partial charge >= 0.3 is 12.1 Å². The topological polar surface area (TPSA) is 75.6 Å². The lowest BCUT2D eigenvalue weighted by atomic mass is 9.59. The maximum absolute atomic E-state index is 11.9. The number of amides is 1. The third-order valence-corrected chi connectivity index (χ3v) is 4.21. The van der Waals surface area contributed by atoms with Gasteiger partial charge in [-0.25, -0.2) is 4.79 Å². The minimum absolute atomic E-state index is 0.00654. The van der Waals surface area contributed by atoms with Crippen LogP contribution in [0.5, 0.6) is 0 Å². The summed E-state index contributed by atoms with van der Waals surface area (Å²) in [5.74, 6) is 0.0202. The number of alkyl carbamates (subject to hydrolysis) is 1. The zero-order chi connectivity index (χ0) is 14.3. The van der Waals surface area contributed by atoms with Crippen molar-refractivity contribution in [2.75, 3.05) is 0 Å². The summed E-state index contributed by atoms with van der Waals surface area (Å²) < 4.78 is 5.26. The molecule has 0 spiro atoms. The molecule has 0 saturated heterocycles. The number of ether oxygens (including phenoxy) is 1. The first-order valence-electron chi connectivity index (χ1n) is 6.95. The molecule has 2 saturated carbocycles. The first-order chi connectivity index (χ1) is 8.72. The average molecular weight is 269 g/mol. The van der Waals surface area contributed by atoms with Crippen molar-refractivity contribution in [3.05, 3.63) is 0 Å². The Morgan fingerprint density at radius 1 is 1.37 bits per heavy atom. The number of rotatable bonds is 3. The van der Waals surface area contributed by atoms with Gasteiger partial charge in [0.1, 0.15) is 5.60 Å². The number of hydrogen-bond acceptors (Lipinski definition) is 3. The summed E-state index contributed by atoms with van der Waals surface area (Å²) in [7, 11) is 0.